The summed E-state index contributed by atoms with van der Waals surface area (Å²) in [6.07, 6.45) is 2.88. The van der Waals surface area contributed by atoms with Crippen LogP contribution in [0.5, 0.6) is 0 Å². The van der Waals surface area contributed by atoms with Crippen molar-refractivity contribution in [2.24, 2.45) is 5.73 Å². The average Bonchev–Trinajstić information content (AvgIpc) is 2.30. The molecule has 0 atom stereocenters. The van der Waals surface area contributed by atoms with Crippen LogP contribution in [0.2, 0.25) is 0 Å². The molecule has 0 fully saturated rings. The maximum Gasteiger partial charge on any atom is 0.224 e. The molecular formula is C12H16F2N2O. The minimum absolute atomic E-state index is 0.201. The van der Waals surface area contributed by atoms with Gasteiger partial charge in [0.05, 0.1) is 0 Å². The van der Waals surface area contributed by atoms with E-state index in [1.807, 2.05) is 0 Å². The number of carbonyl (C=O) groups excluding carboxylic acids is 1. The third kappa shape index (κ3) is 4.91. The van der Waals surface area contributed by atoms with Crippen LogP contribution in [0.15, 0.2) is 18.2 Å². The molecule has 0 saturated carbocycles. The quantitative estimate of drug-likeness (QED) is 0.753. The van der Waals surface area contributed by atoms with Crippen LogP contribution >= 0.6 is 0 Å². The molecule has 1 rings (SSSR count). The summed E-state index contributed by atoms with van der Waals surface area (Å²) in [4.78, 5) is 11.4. The van der Waals surface area contributed by atoms with Gasteiger partial charge >= 0.3 is 0 Å². The molecule has 5 heteroatoms. The fraction of sp³-hybridized carbons (Fsp3) is 0.417. The van der Waals surface area contributed by atoms with Crippen LogP contribution in [0.3, 0.4) is 0 Å². The highest BCUT2D eigenvalue weighted by atomic mass is 19.2. The Kier molecular flexibility index (Phi) is 5.56. The number of halogens is 2. The lowest BCUT2D eigenvalue weighted by Crippen LogP contribution is -2.11. The molecule has 1 aromatic carbocycles. The van der Waals surface area contributed by atoms with Gasteiger partial charge in [0.2, 0.25) is 5.91 Å². The molecule has 0 saturated heterocycles. The first-order chi connectivity index (χ1) is 8.13. The van der Waals surface area contributed by atoms with Crippen molar-refractivity contribution in [2.45, 2.75) is 25.7 Å². The summed E-state index contributed by atoms with van der Waals surface area (Å²) in [6, 6.07) is 3.28. The monoisotopic (exact) mass is 242 g/mol. The van der Waals surface area contributed by atoms with Crippen molar-refractivity contribution in [2.75, 3.05) is 11.9 Å². The van der Waals surface area contributed by atoms with Crippen LogP contribution in [-0.4, -0.2) is 12.5 Å². The number of amides is 1. The number of hydrogen-bond donors (Lipinski definition) is 2. The summed E-state index contributed by atoms with van der Waals surface area (Å²) in [6.45, 7) is 0.616. The molecule has 0 aromatic heterocycles. The first-order valence-electron chi connectivity index (χ1n) is 5.58. The second kappa shape index (κ2) is 6.96. The molecule has 3 N–H and O–H groups in total. The highest BCUT2D eigenvalue weighted by Crippen LogP contribution is 2.13. The van der Waals surface area contributed by atoms with Gasteiger partial charge in [-0.2, -0.15) is 0 Å². The van der Waals surface area contributed by atoms with Crippen LogP contribution in [0, 0.1) is 11.6 Å². The highest BCUT2D eigenvalue weighted by Gasteiger charge is 2.05. The fourth-order valence-electron chi connectivity index (χ4n) is 1.40. The van der Waals surface area contributed by atoms with Crippen molar-refractivity contribution in [1.82, 2.24) is 0 Å². The van der Waals surface area contributed by atoms with Crippen LogP contribution in [-0.2, 0) is 4.79 Å². The van der Waals surface area contributed by atoms with Crippen molar-refractivity contribution < 1.29 is 13.6 Å². The van der Waals surface area contributed by atoms with E-state index in [1.165, 1.54) is 6.07 Å². The van der Waals surface area contributed by atoms with E-state index >= 15 is 0 Å². The molecule has 0 unspecified atom stereocenters. The van der Waals surface area contributed by atoms with E-state index in [-0.39, 0.29) is 11.6 Å². The molecule has 0 aliphatic heterocycles. The van der Waals surface area contributed by atoms with Crippen molar-refractivity contribution in [3.8, 4) is 0 Å². The second-order valence-electron chi connectivity index (χ2n) is 3.78. The Morgan fingerprint density at radius 2 is 1.94 bits per heavy atom. The molecule has 1 amide bonds. The molecule has 1 aromatic rings. The highest BCUT2D eigenvalue weighted by molar-refractivity contribution is 5.90. The van der Waals surface area contributed by atoms with Crippen molar-refractivity contribution in [3.05, 3.63) is 29.8 Å². The lowest BCUT2D eigenvalue weighted by Gasteiger charge is -2.05. The second-order valence-corrected chi connectivity index (χ2v) is 3.78. The predicted molar refractivity (Wildman–Crippen MR) is 62.5 cm³/mol. The van der Waals surface area contributed by atoms with Crippen LogP contribution < -0.4 is 11.1 Å². The lowest BCUT2D eigenvalue weighted by atomic mass is 10.2. The average molecular weight is 242 g/mol. The van der Waals surface area contributed by atoms with Gasteiger partial charge in [0.15, 0.2) is 11.6 Å². The zero-order chi connectivity index (χ0) is 12.7. The SMILES string of the molecule is NCCCCCC(=O)Nc1ccc(F)c(F)c1. The Morgan fingerprint density at radius 1 is 1.18 bits per heavy atom. The summed E-state index contributed by atoms with van der Waals surface area (Å²) in [5, 5.41) is 2.51. The van der Waals surface area contributed by atoms with E-state index in [0.29, 0.717) is 13.0 Å². The van der Waals surface area contributed by atoms with Gasteiger partial charge in [-0.1, -0.05) is 6.42 Å². The Morgan fingerprint density at radius 3 is 2.59 bits per heavy atom. The van der Waals surface area contributed by atoms with E-state index in [9.17, 15) is 13.6 Å². The standard InChI is InChI=1S/C12H16F2N2O/c13-10-6-5-9(8-11(10)14)16-12(17)4-2-1-3-7-15/h5-6,8H,1-4,7,15H2,(H,16,17). The van der Waals surface area contributed by atoms with E-state index in [4.69, 9.17) is 5.73 Å². The zero-order valence-electron chi connectivity index (χ0n) is 9.51. The topological polar surface area (TPSA) is 55.1 Å². The van der Waals surface area contributed by atoms with Crippen molar-refractivity contribution in [3.63, 3.8) is 0 Å². The number of benzene rings is 1. The number of nitrogens with two attached hydrogens (primary N) is 1. The van der Waals surface area contributed by atoms with E-state index in [1.54, 1.807) is 0 Å². The molecule has 0 spiro atoms. The maximum absolute atomic E-state index is 12.8. The van der Waals surface area contributed by atoms with Gasteiger partial charge in [-0.25, -0.2) is 8.78 Å². The largest absolute Gasteiger partial charge is 0.330 e. The van der Waals surface area contributed by atoms with Gasteiger partial charge in [-0.05, 0) is 31.5 Å². The molecular weight excluding hydrogens is 226 g/mol. The molecule has 0 aliphatic carbocycles. The minimum Gasteiger partial charge on any atom is -0.330 e. The third-order valence-corrected chi connectivity index (χ3v) is 2.31. The van der Waals surface area contributed by atoms with Gasteiger partial charge < -0.3 is 11.1 Å². The van der Waals surface area contributed by atoms with Gasteiger partial charge in [0, 0.05) is 18.2 Å². The fourth-order valence-corrected chi connectivity index (χ4v) is 1.40. The van der Waals surface area contributed by atoms with Gasteiger partial charge in [0.1, 0.15) is 0 Å². The van der Waals surface area contributed by atoms with E-state index < -0.39 is 11.6 Å². The number of rotatable bonds is 6. The Bertz CT molecular complexity index is 383. The van der Waals surface area contributed by atoms with E-state index in [2.05, 4.69) is 5.32 Å². The number of anilines is 1. The van der Waals surface area contributed by atoms with Crippen LogP contribution in [0.1, 0.15) is 25.7 Å². The molecule has 0 radical (unpaired) electrons. The molecule has 0 aliphatic rings. The van der Waals surface area contributed by atoms with Crippen molar-refractivity contribution >= 4 is 11.6 Å². The van der Waals surface area contributed by atoms with Gasteiger partial charge in [-0.15, -0.1) is 0 Å². The lowest BCUT2D eigenvalue weighted by molar-refractivity contribution is -0.116. The van der Waals surface area contributed by atoms with Gasteiger partial charge in [-0.3, -0.25) is 4.79 Å². The predicted octanol–water partition coefficient (Wildman–Crippen LogP) is 2.42. The summed E-state index contributed by atoms with van der Waals surface area (Å²) < 4.78 is 25.5. The van der Waals surface area contributed by atoms with Crippen molar-refractivity contribution in [1.29, 1.82) is 0 Å². The third-order valence-electron chi connectivity index (χ3n) is 2.31. The summed E-state index contributed by atoms with van der Waals surface area (Å²) >= 11 is 0. The molecule has 17 heavy (non-hydrogen) atoms. The summed E-state index contributed by atoms with van der Waals surface area (Å²) in [5.74, 6) is -2.09. The first-order valence-corrected chi connectivity index (χ1v) is 5.58. The Hall–Kier alpha value is -1.49. The maximum atomic E-state index is 12.8. The van der Waals surface area contributed by atoms with Crippen LogP contribution in [0.25, 0.3) is 0 Å². The van der Waals surface area contributed by atoms with Crippen LogP contribution in [0.4, 0.5) is 14.5 Å². The Balaban J connectivity index is 2.37. The minimum atomic E-state index is -0.967. The molecule has 3 nitrogen and oxygen atoms in total. The number of unbranched alkanes of at least 4 members (excludes halogenated alkanes) is 2. The number of hydrogen-bond acceptors (Lipinski definition) is 2. The zero-order valence-corrected chi connectivity index (χ0v) is 9.51. The first kappa shape index (κ1) is 13.6. The summed E-state index contributed by atoms with van der Waals surface area (Å²) in [5.41, 5.74) is 5.59. The molecule has 0 heterocycles. The summed E-state index contributed by atoms with van der Waals surface area (Å²) in [7, 11) is 0. The number of carbonyl (C=O) groups is 1. The van der Waals surface area contributed by atoms with Gasteiger partial charge in [0.25, 0.3) is 0 Å². The number of nitrogens with one attached hydrogen (secondary N) is 1. The smallest absolute Gasteiger partial charge is 0.224 e. The normalized spacial score (nSPS) is 10.3. The Labute approximate surface area is 99.0 Å². The molecule has 94 valence electrons. The van der Waals surface area contributed by atoms with E-state index in [0.717, 1.165) is 31.4 Å². The molecule has 0 bridgehead atoms.